The molecule has 128 valence electrons. The molecule has 6 nitrogen and oxygen atoms in total. The molecule has 1 atom stereocenters. The lowest BCUT2D eigenvalue weighted by Crippen LogP contribution is -2.37. The van der Waals surface area contributed by atoms with Gasteiger partial charge in [-0.15, -0.1) is 0 Å². The summed E-state index contributed by atoms with van der Waals surface area (Å²) in [5.41, 5.74) is 0.913. The standard InChI is InChI=1S/C18H24N4O2/c23-18(8-3-11-22-12-5-10-20-22)21(15-17-7-4-13-24-17)14-16-6-1-2-9-19-16/h1-2,5-6,9-10,12,17H,3-4,7-8,11,13-15H2/t17-/m1/s1. The third-order valence-electron chi connectivity index (χ3n) is 4.22. The summed E-state index contributed by atoms with van der Waals surface area (Å²) in [6.07, 6.45) is 9.00. The highest BCUT2D eigenvalue weighted by Gasteiger charge is 2.22. The number of hydrogen-bond acceptors (Lipinski definition) is 4. The molecule has 0 radical (unpaired) electrons. The molecule has 1 aliphatic heterocycles. The van der Waals surface area contributed by atoms with E-state index in [1.165, 1.54) is 0 Å². The van der Waals surface area contributed by atoms with Gasteiger partial charge in [0.15, 0.2) is 0 Å². The zero-order valence-corrected chi connectivity index (χ0v) is 13.9. The van der Waals surface area contributed by atoms with Gasteiger partial charge in [-0.2, -0.15) is 5.10 Å². The van der Waals surface area contributed by atoms with E-state index in [0.29, 0.717) is 19.5 Å². The van der Waals surface area contributed by atoms with E-state index in [1.54, 1.807) is 12.4 Å². The molecule has 1 amide bonds. The van der Waals surface area contributed by atoms with Crippen molar-refractivity contribution in [1.82, 2.24) is 19.7 Å². The van der Waals surface area contributed by atoms with E-state index in [-0.39, 0.29) is 12.0 Å². The van der Waals surface area contributed by atoms with Crippen LogP contribution in [0.15, 0.2) is 42.9 Å². The van der Waals surface area contributed by atoms with Gasteiger partial charge >= 0.3 is 0 Å². The molecule has 0 N–H and O–H groups in total. The second-order valence-corrected chi connectivity index (χ2v) is 6.10. The van der Waals surface area contributed by atoms with Crippen LogP contribution in [-0.4, -0.2) is 44.8 Å². The zero-order chi connectivity index (χ0) is 16.6. The van der Waals surface area contributed by atoms with E-state index in [9.17, 15) is 4.79 Å². The second kappa shape index (κ2) is 8.59. The maximum absolute atomic E-state index is 12.7. The second-order valence-electron chi connectivity index (χ2n) is 6.10. The highest BCUT2D eigenvalue weighted by molar-refractivity contribution is 5.76. The Balaban J connectivity index is 1.55. The predicted octanol–water partition coefficient (Wildman–Crippen LogP) is 2.27. The van der Waals surface area contributed by atoms with E-state index < -0.39 is 0 Å². The van der Waals surface area contributed by atoms with Crippen LogP contribution in [0.2, 0.25) is 0 Å². The highest BCUT2D eigenvalue weighted by Crippen LogP contribution is 2.16. The van der Waals surface area contributed by atoms with Crippen molar-refractivity contribution in [3.05, 3.63) is 48.5 Å². The maximum Gasteiger partial charge on any atom is 0.223 e. The summed E-state index contributed by atoms with van der Waals surface area (Å²) in [6.45, 7) is 2.75. The molecule has 1 aliphatic rings. The summed E-state index contributed by atoms with van der Waals surface area (Å²) in [5, 5.41) is 4.17. The van der Waals surface area contributed by atoms with Crippen LogP contribution in [-0.2, 0) is 22.6 Å². The van der Waals surface area contributed by atoms with Crippen LogP contribution in [0.5, 0.6) is 0 Å². The Morgan fingerprint density at radius 1 is 1.33 bits per heavy atom. The third-order valence-corrected chi connectivity index (χ3v) is 4.22. The molecule has 0 aliphatic carbocycles. The summed E-state index contributed by atoms with van der Waals surface area (Å²) >= 11 is 0. The minimum absolute atomic E-state index is 0.156. The summed E-state index contributed by atoms with van der Waals surface area (Å²) in [5.74, 6) is 0.156. The van der Waals surface area contributed by atoms with Crippen LogP contribution >= 0.6 is 0 Å². The topological polar surface area (TPSA) is 60.2 Å². The van der Waals surface area contributed by atoms with Gasteiger partial charge in [0.05, 0.1) is 18.3 Å². The molecule has 6 heteroatoms. The molecular formula is C18H24N4O2. The SMILES string of the molecule is O=C(CCCn1cccn1)N(Cc1ccccn1)C[C@H]1CCCO1. The molecule has 1 fully saturated rings. The fraction of sp³-hybridized carbons (Fsp3) is 0.500. The number of ether oxygens (including phenoxy) is 1. The van der Waals surface area contributed by atoms with E-state index in [2.05, 4.69) is 10.1 Å². The fourth-order valence-corrected chi connectivity index (χ4v) is 2.96. The average Bonchev–Trinajstić information content (AvgIpc) is 3.29. The lowest BCUT2D eigenvalue weighted by molar-refractivity contribution is -0.133. The van der Waals surface area contributed by atoms with Crippen molar-refractivity contribution in [3.63, 3.8) is 0 Å². The monoisotopic (exact) mass is 328 g/mol. The van der Waals surface area contributed by atoms with Gasteiger partial charge in [-0.1, -0.05) is 6.07 Å². The Bertz CT molecular complexity index is 609. The number of rotatable bonds is 8. The van der Waals surface area contributed by atoms with Crippen molar-refractivity contribution in [2.24, 2.45) is 0 Å². The first-order chi connectivity index (χ1) is 11.8. The Labute approximate surface area is 142 Å². The first kappa shape index (κ1) is 16.6. The van der Waals surface area contributed by atoms with Crippen LogP contribution in [0.4, 0.5) is 0 Å². The lowest BCUT2D eigenvalue weighted by Gasteiger charge is -2.25. The quantitative estimate of drug-likeness (QED) is 0.746. The van der Waals surface area contributed by atoms with Crippen molar-refractivity contribution in [3.8, 4) is 0 Å². The van der Waals surface area contributed by atoms with E-state index in [4.69, 9.17) is 4.74 Å². The number of pyridine rings is 1. The number of aryl methyl sites for hydroxylation is 1. The van der Waals surface area contributed by atoms with Crippen LogP contribution in [0.25, 0.3) is 0 Å². The molecule has 0 unspecified atom stereocenters. The molecule has 1 saturated heterocycles. The molecule has 3 rings (SSSR count). The molecule has 3 heterocycles. The lowest BCUT2D eigenvalue weighted by atomic mass is 10.2. The zero-order valence-electron chi connectivity index (χ0n) is 13.9. The van der Waals surface area contributed by atoms with Gasteiger partial charge in [0.1, 0.15) is 0 Å². The van der Waals surface area contributed by atoms with Crippen LogP contribution < -0.4 is 0 Å². The Morgan fingerprint density at radius 2 is 2.29 bits per heavy atom. The van der Waals surface area contributed by atoms with Crippen LogP contribution in [0.3, 0.4) is 0 Å². The van der Waals surface area contributed by atoms with Crippen LogP contribution in [0.1, 0.15) is 31.4 Å². The number of carbonyl (C=O) groups excluding carboxylic acids is 1. The predicted molar refractivity (Wildman–Crippen MR) is 90.1 cm³/mol. The Morgan fingerprint density at radius 3 is 3.00 bits per heavy atom. The van der Waals surface area contributed by atoms with E-state index >= 15 is 0 Å². The summed E-state index contributed by atoms with van der Waals surface area (Å²) in [4.78, 5) is 18.9. The minimum Gasteiger partial charge on any atom is -0.376 e. The molecule has 0 saturated carbocycles. The number of nitrogens with zero attached hydrogens (tertiary/aromatic N) is 4. The first-order valence-electron chi connectivity index (χ1n) is 8.58. The summed E-state index contributed by atoms with van der Waals surface area (Å²) in [7, 11) is 0. The van der Waals surface area contributed by atoms with Crippen molar-refractivity contribution in [2.75, 3.05) is 13.2 Å². The molecular weight excluding hydrogens is 304 g/mol. The average molecular weight is 328 g/mol. The number of hydrogen-bond donors (Lipinski definition) is 0. The van der Waals surface area contributed by atoms with Gasteiger partial charge in [-0.05, 0) is 37.5 Å². The van der Waals surface area contributed by atoms with Gasteiger partial charge in [-0.25, -0.2) is 0 Å². The molecule has 24 heavy (non-hydrogen) atoms. The van der Waals surface area contributed by atoms with Crippen molar-refractivity contribution in [1.29, 1.82) is 0 Å². The molecule has 0 bridgehead atoms. The van der Waals surface area contributed by atoms with Crippen molar-refractivity contribution in [2.45, 2.75) is 44.9 Å². The van der Waals surface area contributed by atoms with E-state index in [0.717, 1.165) is 38.1 Å². The van der Waals surface area contributed by atoms with Gasteiger partial charge in [-0.3, -0.25) is 14.5 Å². The van der Waals surface area contributed by atoms with Gasteiger partial charge < -0.3 is 9.64 Å². The van der Waals surface area contributed by atoms with Gasteiger partial charge in [0, 0.05) is 44.7 Å². The Hall–Kier alpha value is -2.21. The van der Waals surface area contributed by atoms with Crippen molar-refractivity contribution >= 4 is 5.91 Å². The maximum atomic E-state index is 12.7. The molecule has 0 spiro atoms. The summed E-state index contributed by atoms with van der Waals surface area (Å²) < 4.78 is 7.56. The van der Waals surface area contributed by atoms with Gasteiger partial charge in [0.2, 0.25) is 5.91 Å². The largest absolute Gasteiger partial charge is 0.376 e. The number of carbonyl (C=O) groups is 1. The first-order valence-corrected chi connectivity index (χ1v) is 8.58. The molecule has 2 aromatic rings. The minimum atomic E-state index is 0.156. The molecule has 2 aromatic heterocycles. The van der Waals surface area contributed by atoms with Gasteiger partial charge in [0.25, 0.3) is 0 Å². The normalized spacial score (nSPS) is 17.1. The molecule has 0 aromatic carbocycles. The smallest absolute Gasteiger partial charge is 0.223 e. The Kier molecular flexibility index (Phi) is 5.96. The highest BCUT2D eigenvalue weighted by atomic mass is 16.5. The fourth-order valence-electron chi connectivity index (χ4n) is 2.96. The van der Waals surface area contributed by atoms with Crippen molar-refractivity contribution < 1.29 is 9.53 Å². The number of aromatic nitrogens is 3. The summed E-state index contributed by atoms with van der Waals surface area (Å²) in [6, 6.07) is 7.70. The van der Waals surface area contributed by atoms with E-state index in [1.807, 2.05) is 40.0 Å². The number of amides is 1. The van der Waals surface area contributed by atoms with Crippen LogP contribution in [0, 0.1) is 0 Å². The third kappa shape index (κ3) is 4.89.